The SMILES string of the molecule is COc1ccc(OC)c2sc(N(CCCN3CCOCC3)C(=O)c3ccc(S(=O)(=O)N(C)C)cc3)nc12. The predicted molar refractivity (Wildman–Crippen MR) is 144 cm³/mol. The van der Waals surface area contributed by atoms with Gasteiger partial charge in [0.05, 0.1) is 32.3 Å². The fourth-order valence-corrected chi connectivity index (χ4v) is 6.09. The third-order valence-corrected chi connectivity index (χ3v) is 9.14. The van der Waals surface area contributed by atoms with E-state index in [0.717, 1.165) is 35.1 Å². The van der Waals surface area contributed by atoms with E-state index >= 15 is 0 Å². The molecule has 1 aliphatic heterocycles. The molecule has 1 saturated heterocycles. The number of hydrogen-bond acceptors (Lipinski definition) is 9. The van der Waals surface area contributed by atoms with Gasteiger partial charge in [-0.15, -0.1) is 0 Å². The summed E-state index contributed by atoms with van der Waals surface area (Å²) in [4.78, 5) is 22.6. The Morgan fingerprint density at radius 1 is 1.05 bits per heavy atom. The maximum absolute atomic E-state index is 13.7. The van der Waals surface area contributed by atoms with Crippen molar-refractivity contribution in [1.29, 1.82) is 0 Å². The van der Waals surface area contributed by atoms with Crippen LogP contribution in [0.1, 0.15) is 16.8 Å². The molecule has 12 heteroatoms. The standard InChI is InChI=1S/C25H32N4O6S2/c1-27(2)37(31,32)19-8-6-18(7-9-19)24(30)29(13-5-12-28-14-16-35-17-15-28)25-26-22-20(33-3)10-11-21(34-4)23(22)36-25/h6-11H,5,12-17H2,1-4H3. The first kappa shape index (κ1) is 27.3. The van der Waals surface area contributed by atoms with Crippen molar-refractivity contribution in [2.75, 3.05) is 72.6 Å². The van der Waals surface area contributed by atoms with Crippen LogP contribution in [0.3, 0.4) is 0 Å². The second-order valence-electron chi connectivity index (χ2n) is 8.72. The number of carbonyl (C=O) groups excluding carboxylic acids is 1. The highest BCUT2D eigenvalue weighted by atomic mass is 32.2. The van der Waals surface area contributed by atoms with Crippen LogP contribution >= 0.6 is 11.3 Å². The zero-order valence-electron chi connectivity index (χ0n) is 21.5. The normalized spacial score (nSPS) is 14.7. The topological polar surface area (TPSA) is 102 Å². The molecule has 1 aliphatic rings. The van der Waals surface area contributed by atoms with Gasteiger partial charge in [-0.1, -0.05) is 11.3 Å². The van der Waals surface area contributed by atoms with Crippen molar-refractivity contribution in [2.24, 2.45) is 0 Å². The second kappa shape index (κ2) is 11.7. The quantitative estimate of drug-likeness (QED) is 0.381. The molecule has 2 aromatic carbocycles. The molecule has 0 radical (unpaired) electrons. The number of amides is 1. The number of hydrogen-bond donors (Lipinski definition) is 0. The van der Waals surface area contributed by atoms with Crippen molar-refractivity contribution in [2.45, 2.75) is 11.3 Å². The fourth-order valence-electron chi connectivity index (χ4n) is 4.09. The number of thiazole rings is 1. The van der Waals surface area contributed by atoms with E-state index in [9.17, 15) is 13.2 Å². The highest BCUT2D eigenvalue weighted by Crippen LogP contribution is 2.40. The maximum Gasteiger partial charge on any atom is 0.260 e. The van der Waals surface area contributed by atoms with Crippen molar-refractivity contribution >= 4 is 42.6 Å². The molecule has 0 N–H and O–H groups in total. The van der Waals surface area contributed by atoms with Gasteiger partial charge in [-0.3, -0.25) is 14.6 Å². The average molecular weight is 549 g/mol. The van der Waals surface area contributed by atoms with E-state index in [2.05, 4.69) is 4.90 Å². The van der Waals surface area contributed by atoms with Gasteiger partial charge >= 0.3 is 0 Å². The molecule has 0 bridgehead atoms. The number of morpholine rings is 1. The molecule has 1 amide bonds. The highest BCUT2D eigenvalue weighted by Gasteiger charge is 2.25. The summed E-state index contributed by atoms with van der Waals surface area (Å²) >= 11 is 1.36. The third kappa shape index (κ3) is 5.88. The molecule has 3 aromatic rings. The Labute approximate surface area is 221 Å². The monoisotopic (exact) mass is 548 g/mol. The molecule has 1 fully saturated rings. The number of ether oxygens (including phenoxy) is 3. The summed E-state index contributed by atoms with van der Waals surface area (Å²) in [6, 6.07) is 9.61. The zero-order valence-corrected chi connectivity index (χ0v) is 23.1. The maximum atomic E-state index is 13.7. The summed E-state index contributed by atoms with van der Waals surface area (Å²) in [5.41, 5.74) is 1.00. The average Bonchev–Trinajstić information content (AvgIpc) is 3.36. The number of carbonyl (C=O) groups is 1. The Hall–Kier alpha value is -2.77. The highest BCUT2D eigenvalue weighted by molar-refractivity contribution is 7.89. The molecule has 10 nitrogen and oxygen atoms in total. The summed E-state index contributed by atoms with van der Waals surface area (Å²) < 4.78 is 43.3. The van der Waals surface area contributed by atoms with Gasteiger partial charge in [-0.25, -0.2) is 17.7 Å². The van der Waals surface area contributed by atoms with Gasteiger partial charge < -0.3 is 14.2 Å². The van der Waals surface area contributed by atoms with Crippen LogP contribution in [-0.4, -0.2) is 96.2 Å². The molecular weight excluding hydrogens is 516 g/mol. The van der Waals surface area contributed by atoms with Crippen molar-refractivity contribution in [3.8, 4) is 11.5 Å². The first-order valence-corrected chi connectivity index (χ1v) is 14.2. The predicted octanol–water partition coefficient (Wildman–Crippen LogP) is 2.93. The number of methoxy groups -OCH3 is 2. The number of sulfonamides is 1. The van der Waals surface area contributed by atoms with E-state index in [0.29, 0.717) is 47.5 Å². The number of benzene rings is 2. The van der Waals surface area contributed by atoms with Gasteiger partial charge in [0, 0.05) is 45.8 Å². The van der Waals surface area contributed by atoms with Crippen molar-refractivity contribution in [3.63, 3.8) is 0 Å². The number of fused-ring (bicyclic) bond motifs is 1. The fraction of sp³-hybridized carbons (Fsp3) is 0.440. The minimum absolute atomic E-state index is 0.127. The van der Waals surface area contributed by atoms with Crippen LogP contribution in [0.2, 0.25) is 0 Å². The Kier molecular flexibility index (Phi) is 8.65. The number of rotatable bonds is 10. The molecule has 0 aliphatic carbocycles. The Morgan fingerprint density at radius 2 is 1.70 bits per heavy atom. The number of aromatic nitrogens is 1. The Bertz CT molecular complexity index is 1290. The van der Waals surface area contributed by atoms with E-state index < -0.39 is 10.0 Å². The minimum atomic E-state index is -3.60. The van der Waals surface area contributed by atoms with Crippen molar-refractivity contribution in [1.82, 2.24) is 14.2 Å². The lowest BCUT2D eigenvalue weighted by Gasteiger charge is -2.27. The molecule has 0 unspecified atom stereocenters. The van der Waals surface area contributed by atoms with Gasteiger partial charge in [0.1, 0.15) is 21.7 Å². The lowest BCUT2D eigenvalue weighted by molar-refractivity contribution is 0.0376. The van der Waals surface area contributed by atoms with E-state index in [-0.39, 0.29) is 10.8 Å². The number of nitrogens with zero attached hydrogens (tertiary/aromatic N) is 4. The van der Waals surface area contributed by atoms with Crippen LogP contribution in [0.15, 0.2) is 41.3 Å². The number of anilines is 1. The van der Waals surface area contributed by atoms with E-state index in [1.165, 1.54) is 37.6 Å². The smallest absolute Gasteiger partial charge is 0.260 e. The lowest BCUT2D eigenvalue weighted by Crippen LogP contribution is -2.39. The van der Waals surface area contributed by atoms with E-state index in [1.54, 1.807) is 37.3 Å². The summed E-state index contributed by atoms with van der Waals surface area (Å²) in [5, 5.41) is 0.523. The van der Waals surface area contributed by atoms with Crippen LogP contribution in [0.25, 0.3) is 10.2 Å². The lowest BCUT2D eigenvalue weighted by atomic mass is 10.2. The van der Waals surface area contributed by atoms with Gasteiger partial charge in [-0.2, -0.15) is 0 Å². The Balaban J connectivity index is 1.66. The van der Waals surface area contributed by atoms with Gasteiger partial charge in [0.15, 0.2) is 5.13 Å². The zero-order chi connectivity index (χ0) is 26.6. The summed E-state index contributed by atoms with van der Waals surface area (Å²) in [6.07, 6.45) is 0.739. The summed E-state index contributed by atoms with van der Waals surface area (Å²) in [7, 11) is 2.52. The molecule has 0 saturated carbocycles. The summed E-state index contributed by atoms with van der Waals surface area (Å²) in [6.45, 7) is 4.42. The van der Waals surface area contributed by atoms with Crippen molar-refractivity contribution in [3.05, 3.63) is 42.0 Å². The van der Waals surface area contributed by atoms with Crippen LogP contribution in [-0.2, 0) is 14.8 Å². The van der Waals surface area contributed by atoms with Gasteiger partial charge in [0.25, 0.3) is 5.91 Å². The molecule has 0 spiro atoms. The van der Waals surface area contributed by atoms with Gasteiger partial charge in [0.2, 0.25) is 10.0 Å². The largest absolute Gasteiger partial charge is 0.495 e. The van der Waals surface area contributed by atoms with Crippen LogP contribution in [0.4, 0.5) is 5.13 Å². The molecular formula is C25H32N4O6S2. The summed E-state index contributed by atoms with van der Waals surface area (Å²) in [5.74, 6) is 0.989. The molecule has 200 valence electrons. The molecule has 1 aromatic heterocycles. The van der Waals surface area contributed by atoms with Crippen LogP contribution in [0, 0.1) is 0 Å². The van der Waals surface area contributed by atoms with Crippen LogP contribution in [0.5, 0.6) is 11.5 Å². The van der Waals surface area contributed by atoms with Gasteiger partial charge in [-0.05, 0) is 42.8 Å². The minimum Gasteiger partial charge on any atom is -0.495 e. The Morgan fingerprint density at radius 3 is 2.32 bits per heavy atom. The molecule has 0 atom stereocenters. The molecule has 2 heterocycles. The molecule has 4 rings (SSSR count). The van der Waals surface area contributed by atoms with Crippen molar-refractivity contribution < 1.29 is 27.4 Å². The molecule has 37 heavy (non-hydrogen) atoms. The first-order chi connectivity index (χ1) is 17.8. The van der Waals surface area contributed by atoms with E-state index in [4.69, 9.17) is 19.2 Å². The van der Waals surface area contributed by atoms with E-state index in [1.807, 2.05) is 6.07 Å². The van der Waals surface area contributed by atoms with Crippen LogP contribution < -0.4 is 14.4 Å². The third-order valence-electron chi connectivity index (χ3n) is 6.21. The second-order valence-corrected chi connectivity index (χ2v) is 11.8. The first-order valence-electron chi connectivity index (χ1n) is 11.9.